The van der Waals surface area contributed by atoms with Gasteiger partial charge in [0.2, 0.25) is 0 Å². The fraction of sp³-hybridized carbons (Fsp3) is 0.500. The Balaban J connectivity index is 2.77. The molecule has 0 heterocycles. The van der Waals surface area contributed by atoms with Crippen LogP contribution >= 0.6 is 11.8 Å². The third kappa shape index (κ3) is 4.08. The molecule has 1 rings (SSSR count). The maximum absolute atomic E-state index is 11.1. The van der Waals surface area contributed by atoms with Gasteiger partial charge >= 0.3 is 5.97 Å². The summed E-state index contributed by atoms with van der Waals surface area (Å²) in [6.07, 6.45) is 0. The number of carboxylic acids is 1. The molecule has 0 aliphatic carbocycles. The molecule has 3 heteroatoms. The Labute approximate surface area is 107 Å². The predicted octanol–water partition coefficient (Wildman–Crippen LogP) is 4.01. The maximum atomic E-state index is 11.1. The average molecular weight is 252 g/mol. The third-order valence-electron chi connectivity index (χ3n) is 2.66. The van der Waals surface area contributed by atoms with Crippen molar-refractivity contribution in [3.8, 4) is 0 Å². The first-order valence-corrected chi connectivity index (χ1v) is 6.79. The van der Waals surface area contributed by atoms with Crippen LogP contribution in [-0.4, -0.2) is 16.3 Å². The molecule has 17 heavy (non-hydrogen) atoms. The van der Waals surface area contributed by atoms with Crippen LogP contribution in [0.2, 0.25) is 0 Å². The first-order chi connectivity index (χ1) is 7.91. The summed E-state index contributed by atoms with van der Waals surface area (Å²) in [4.78, 5) is 12.1. The molecule has 0 aliphatic heterocycles. The molecule has 1 atom stereocenters. The van der Waals surface area contributed by atoms with Crippen LogP contribution in [0.1, 0.15) is 39.2 Å². The molecule has 0 spiro atoms. The van der Waals surface area contributed by atoms with E-state index in [9.17, 15) is 4.79 Å². The number of hydrogen-bond donors (Lipinski definition) is 1. The second-order valence-electron chi connectivity index (χ2n) is 4.84. The lowest BCUT2D eigenvalue weighted by Gasteiger charge is -2.16. The van der Waals surface area contributed by atoms with E-state index < -0.39 is 5.97 Å². The normalized spacial score (nSPS) is 13.1. The van der Waals surface area contributed by atoms with Crippen LogP contribution in [0.4, 0.5) is 0 Å². The largest absolute Gasteiger partial charge is 0.480 e. The fourth-order valence-electron chi connectivity index (χ4n) is 1.55. The molecule has 0 saturated carbocycles. The van der Waals surface area contributed by atoms with Crippen LogP contribution in [-0.2, 0) is 4.79 Å². The van der Waals surface area contributed by atoms with Gasteiger partial charge in [-0.2, -0.15) is 0 Å². The zero-order chi connectivity index (χ0) is 13.0. The SMILES string of the molecule is CC(C)c1ccc(SC(C(=O)O)C(C)C)cc1. The average Bonchev–Trinajstić information content (AvgIpc) is 2.25. The molecule has 94 valence electrons. The molecule has 0 radical (unpaired) electrons. The van der Waals surface area contributed by atoms with E-state index in [0.717, 1.165) is 4.90 Å². The second-order valence-corrected chi connectivity index (χ2v) is 6.06. The van der Waals surface area contributed by atoms with Crippen molar-refractivity contribution in [3.05, 3.63) is 29.8 Å². The summed E-state index contributed by atoms with van der Waals surface area (Å²) >= 11 is 1.43. The molecule has 2 nitrogen and oxygen atoms in total. The topological polar surface area (TPSA) is 37.3 Å². The van der Waals surface area contributed by atoms with E-state index in [1.54, 1.807) is 0 Å². The molecule has 1 unspecified atom stereocenters. The summed E-state index contributed by atoms with van der Waals surface area (Å²) in [6, 6.07) is 8.18. The van der Waals surface area contributed by atoms with Gasteiger partial charge < -0.3 is 5.11 Å². The molecular formula is C14H20O2S. The summed E-state index contributed by atoms with van der Waals surface area (Å²) in [5.74, 6) is -0.102. The monoisotopic (exact) mass is 252 g/mol. The minimum atomic E-state index is -0.738. The van der Waals surface area contributed by atoms with E-state index >= 15 is 0 Å². The minimum absolute atomic E-state index is 0.127. The number of aliphatic carboxylic acids is 1. The predicted molar refractivity (Wildman–Crippen MR) is 72.6 cm³/mol. The van der Waals surface area contributed by atoms with E-state index in [0.29, 0.717) is 5.92 Å². The highest BCUT2D eigenvalue weighted by Crippen LogP contribution is 2.29. The van der Waals surface area contributed by atoms with Crippen molar-refractivity contribution >= 4 is 17.7 Å². The molecule has 1 N–H and O–H groups in total. The van der Waals surface area contributed by atoms with Crippen LogP contribution in [0.25, 0.3) is 0 Å². The zero-order valence-electron chi connectivity index (χ0n) is 10.8. The van der Waals surface area contributed by atoms with Crippen molar-refractivity contribution in [3.63, 3.8) is 0 Å². The molecule has 0 fully saturated rings. The highest BCUT2D eigenvalue weighted by Gasteiger charge is 2.22. The van der Waals surface area contributed by atoms with Crippen LogP contribution in [0, 0.1) is 5.92 Å². The van der Waals surface area contributed by atoms with E-state index in [4.69, 9.17) is 5.11 Å². The van der Waals surface area contributed by atoms with Gasteiger partial charge in [0.05, 0.1) is 0 Å². The molecule has 0 bridgehead atoms. The van der Waals surface area contributed by atoms with Gasteiger partial charge in [0.25, 0.3) is 0 Å². The van der Waals surface area contributed by atoms with Crippen LogP contribution in [0.3, 0.4) is 0 Å². The standard InChI is InChI=1S/C14H20O2S/c1-9(2)11-5-7-12(8-6-11)17-13(10(3)4)14(15)16/h5-10,13H,1-4H3,(H,15,16). The van der Waals surface area contributed by atoms with Gasteiger partial charge in [-0.05, 0) is 29.5 Å². The van der Waals surface area contributed by atoms with E-state index in [1.807, 2.05) is 26.0 Å². The Morgan fingerprint density at radius 1 is 1.12 bits per heavy atom. The maximum Gasteiger partial charge on any atom is 0.317 e. The van der Waals surface area contributed by atoms with Crippen molar-refractivity contribution in [2.24, 2.45) is 5.92 Å². The molecule has 1 aromatic carbocycles. The smallest absolute Gasteiger partial charge is 0.317 e. The van der Waals surface area contributed by atoms with Crippen LogP contribution in [0.5, 0.6) is 0 Å². The van der Waals surface area contributed by atoms with Crippen LogP contribution < -0.4 is 0 Å². The second kappa shape index (κ2) is 6.10. The zero-order valence-corrected chi connectivity index (χ0v) is 11.6. The van der Waals surface area contributed by atoms with Crippen LogP contribution in [0.15, 0.2) is 29.2 Å². The van der Waals surface area contributed by atoms with Gasteiger partial charge in [0.15, 0.2) is 0 Å². The summed E-state index contributed by atoms with van der Waals surface area (Å²) in [7, 11) is 0. The summed E-state index contributed by atoms with van der Waals surface area (Å²) in [6.45, 7) is 8.18. The van der Waals surface area contributed by atoms with Gasteiger partial charge in [-0.15, -0.1) is 11.8 Å². The molecule has 0 saturated heterocycles. The highest BCUT2D eigenvalue weighted by molar-refractivity contribution is 8.00. The number of carbonyl (C=O) groups is 1. The summed E-state index contributed by atoms with van der Waals surface area (Å²) in [5, 5.41) is 8.75. The number of carboxylic acid groups (broad SMARTS) is 1. The lowest BCUT2D eigenvalue weighted by atomic mass is 10.0. The Morgan fingerprint density at radius 3 is 2.00 bits per heavy atom. The van der Waals surface area contributed by atoms with Gasteiger partial charge in [0.1, 0.15) is 5.25 Å². The molecule has 1 aromatic rings. The molecular weight excluding hydrogens is 232 g/mol. The Kier molecular flexibility index (Phi) is 5.06. The fourth-order valence-corrected chi connectivity index (χ4v) is 2.51. The van der Waals surface area contributed by atoms with Crippen molar-refractivity contribution in [1.82, 2.24) is 0 Å². The first-order valence-electron chi connectivity index (χ1n) is 5.91. The third-order valence-corrected chi connectivity index (χ3v) is 4.20. The first kappa shape index (κ1) is 14.1. The number of rotatable bonds is 5. The summed E-state index contributed by atoms with van der Waals surface area (Å²) in [5.41, 5.74) is 1.28. The minimum Gasteiger partial charge on any atom is -0.480 e. The molecule has 0 aliphatic rings. The molecule has 0 aromatic heterocycles. The Bertz CT molecular complexity index is 368. The van der Waals surface area contributed by atoms with Crippen molar-refractivity contribution in [1.29, 1.82) is 0 Å². The Hall–Kier alpha value is -0.960. The van der Waals surface area contributed by atoms with E-state index in [1.165, 1.54) is 17.3 Å². The number of hydrogen-bond acceptors (Lipinski definition) is 2. The van der Waals surface area contributed by atoms with Crippen molar-refractivity contribution < 1.29 is 9.90 Å². The lowest BCUT2D eigenvalue weighted by molar-refractivity contribution is -0.137. The van der Waals surface area contributed by atoms with Gasteiger partial charge in [-0.1, -0.05) is 39.8 Å². The van der Waals surface area contributed by atoms with Gasteiger partial charge in [-0.25, -0.2) is 0 Å². The molecule has 0 amide bonds. The quantitative estimate of drug-likeness (QED) is 0.804. The van der Waals surface area contributed by atoms with Crippen molar-refractivity contribution in [2.45, 2.75) is 43.8 Å². The number of benzene rings is 1. The van der Waals surface area contributed by atoms with E-state index in [2.05, 4.69) is 26.0 Å². The summed E-state index contributed by atoms with van der Waals surface area (Å²) < 4.78 is 0. The van der Waals surface area contributed by atoms with E-state index in [-0.39, 0.29) is 11.2 Å². The lowest BCUT2D eigenvalue weighted by Crippen LogP contribution is -2.22. The highest BCUT2D eigenvalue weighted by atomic mass is 32.2. The van der Waals surface area contributed by atoms with Gasteiger partial charge in [-0.3, -0.25) is 4.79 Å². The van der Waals surface area contributed by atoms with Crippen molar-refractivity contribution in [2.75, 3.05) is 0 Å². The number of thioether (sulfide) groups is 1. The van der Waals surface area contributed by atoms with Gasteiger partial charge in [0, 0.05) is 4.90 Å². The Morgan fingerprint density at radius 2 is 1.65 bits per heavy atom.